The van der Waals surface area contributed by atoms with Crippen LogP contribution >= 0.6 is 15.9 Å². The van der Waals surface area contributed by atoms with E-state index in [1.165, 1.54) is 34.9 Å². The number of esters is 1. The standard InChI is InChI=1S/C26H26BrNO2/c1-6-21(25(27)28-14-13-20(16-19(28)4)26(29)30-5)23-9-7-8-10-24(23)22-12-11-17(2)15-18(22)3/h7-16H,4,6H2,1-3,5H3/b25-21+. The Balaban J connectivity index is 2.08. The molecule has 0 N–H and O–H groups in total. The number of methoxy groups -OCH3 is 1. The number of allylic oxidation sites excluding steroid dienone is 2. The van der Waals surface area contributed by atoms with Crippen molar-refractivity contribution < 1.29 is 9.53 Å². The maximum Gasteiger partial charge on any atom is 0.337 e. The van der Waals surface area contributed by atoms with Crippen LogP contribution in [0.5, 0.6) is 0 Å². The van der Waals surface area contributed by atoms with E-state index in [2.05, 4.69) is 85.7 Å². The number of hydrogen-bond donors (Lipinski definition) is 0. The predicted octanol–water partition coefficient (Wildman–Crippen LogP) is 6.89. The van der Waals surface area contributed by atoms with Crippen molar-refractivity contribution in [1.82, 2.24) is 4.90 Å². The molecule has 0 saturated carbocycles. The molecular formula is C26H26BrNO2. The molecule has 154 valence electrons. The van der Waals surface area contributed by atoms with E-state index in [-0.39, 0.29) is 5.97 Å². The van der Waals surface area contributed by atoms with Gasteiger partial charge in [0.05, 0.1) is 17.3 Å². The van der Waals surface area contributed by atoms with E-state index in [9.17, 15) is 4.79 Å². The zero-order chi connectivity index (χ0) is 21.8. The summed E-state index contributed by atoms with van der Waals surface area (Å²) in [5.41, 5.74) is 8.43. The Labute approximate surface area is 187 Å². The van der Waals surface area contributed by atoms with Crippen molar-refractivity contribution >= 4 is 27.5 Å². The lowest BCUT2D eigenvalue weighted by molar-refractivity contribution is -0.135. The third-order valence-corrected chi connectivity index (χ3v) is 6.05. The number of halogens is 1. The molecule has 0 aromatic heterocycles. The van der Waals surface area contributed by atoms with Crippen LogP contribution in [0.4, 0.5) is 0 Å². The van der Waals surface area contributed by atoms with Crippen LogP contribution in [0.25, 0.3) is 16.7 Å². The maximum atomic E-state index is 11.8. The summed E-state index contributed by atoms with van der Waals surface area (Å²) >= 11 is 3.80. The van der Waals surface area contributed by atoms with E-state index in [1.807, 2.05) is 11.1 Å². The maximum absolute atomic E-state index is 11.8. The number of hydrogen-bond acceptors (Lipinski definition) is 3. The van der Waals surface area contributed by atoms with E-state index < -0.39 is 0 Å². The van der Waals surface area contributed by atoms with Gasteiger partial charge < -0.3 is 9.64 Å². The van der Waals surface area contributed by atoms with E-state index in [1.54, 1.807) is 12.2 Å². The van der Waals surface area contributed by atoms with Gasteiger partial charge in [-0.25, -0.2) is 4.79 Å². The van der Waals surface area contributed by atoms with Gasteiger partial charge in [0.25, 0.3) is 0 Å². The van der Waals surface area contributed by atoms with Gasteiger partial charge in [0, 0.05) is 11.9 Å². The first-order chi connectivity index (χ1) is 14.4. The Hall–Kier alpha value is -2.85. The Morgan fingerprint density at radius 3 is 2.50 bits per heavy atom. The Bertz CT molecular complexity index is 1090. The molecule has 0 radical (unpaired) electrons. The number of aryl methyl sites for hydroxylation is 2. The van der Waals surface area contributed by atoms with Gasteiger partial charge in [-0.3, -0.25) is 0 Å². The number of rotatable bonds is 5. The predicted molar refractivity (Wildman–Crippen MR) is 128 cm³/mol. The minimum absolute atomic E-state index is 0.372. The average molecular weight is 464 g/mol. The van der Waals surface area contributed by atoms with Gasteiger partial charge in [0.1, 0.15) is 0 Å². The molecule has 0 spiro atoms. The van der Waals surface area contributed by atoms with Crippen LogP contribution in [0, 0.1) is 13.8 Å². The second-order valence-corrected chi connectivity index (χ2v) is 8.01. The summed E-state index contributed by atoms with van der Waals surface area (Å²) in [5.74, 6) is -0.372. The zero-order valence-corrected chi connectivity index (χ0v) is 19.4. The third-order valence-electron chi connectivity index (χ3n) is 5.19. The molecule has 3 nitrogen and oxygen atoms in total. The van der Waals surface area contributed by atoms with Crippen molar-refractivity contribution in [3.8, 4) is 11.1 Å². The SMILES string of the molecule is C=C1C=C(C(=O)OC)C=CN1/C(Br)=C(\CC)c1ccccc1-c1ccc(C)cc1C. The van der Waals surface area contributed by atoms with Crippen molar-refractivity contribution in [3.05, 3.63) is 100.0 Å². The lowest BCUT2D eigenvalue weighted by atomic mass is 9.90. The van der Waals surface area contributed by atoms with Crippen LogP contribution in [0.15, 0.2) is 83.3 Å². The van der Waals surface area contributed by atoms with Gasteiger partial charge in [-0.2, -0.15) is 0 Å². The Kier molecular flexibility index (Phi) is 6.78. The van der Waals surface area contributed by atoms with Crippen LogP contribution in [0.2, 0.25) is 0 Å². The van der Waals surface area contributed by atoms with Crippen LogP contribution in [-0.4, -0.2) is 18.0 Å². The summed E-state index contributed by atoms with van der Waals surface area (Å²) < 4.78 is 5.72. The van der Waals surface area contributed by atoms with Crippen molar-refractivity contribution in [2.45, 2.75) is 27.2 Å². The Morgan fingerprint density at radius 2 is 1.87 bits per heavy atom. The molecule has 2 aromatic rings. The highest BCUT2D eigenvalue weighted by Crippen LogP contribution is 2.38. The molecule has 2 aromatic carbocycles. The third kappa shape index (κ3) is 4.34. The van der Waals surface area contributed by atoms with Crippen molar-refractivity contribution in [2.75, 3.05) is 7.11 Å². The second kappa shape index (κ2) is 9.31. The fourth-order valence-electron chi connectivity index (χ4n) is 3.67. The molecule has 0 atom stereocenters. The fourth-order valence-corrected chi connectivity index (χ4v) is 4.51. The van der Waals surface area contributed by atoms with E-state index >= 15 is 0 Å². The average Bonchev–Trinajstić information content (AvgIpc) is 2.74. The van der Waals surface area contributed by atoms with Crippen LogP contribution in [-0.2, 0) is 9.53 Å². The highest BCUT2D eigenvalue weighted by Gasteiger charge is 2.20. The molecule has 0 amide bonds. The van der Waals surface area contributed by atoms with E-state index in [0.29, 0.717) is 11.3 Å². The number of benzene rings is 2. The van der Waals surface area contributed by atoms with Crippen molar-refractivity contribution in [1.29, 1.82) is 0 Å². The van der Waals surface area contributed by atoms with Crippen LogP contribution < -0.4 is 0 Å². The summed E-state index contributed by atoms with van der Waals surface area (Å²) in [5, 5.41) is 0. The lowest BCUT2D eigenvalue weighted by Gasteiger charge is -2.27. The summed E-state index contributed by atoms with van der Waals surface area (Å²) in [6.07, 6.45) is 6.14. The monoisotopic (exact) mass is 463 g/mol. The highest BCUT2D eigenvalue weighted by molar-refractivity contribution is 9.11. The molecule has 0 unspecified atom stereocenters. The van der Waals surface area contributed by atoms with Gasteiger partial charge in [0.2, 0.25) is 0 Å². The molecule has 1 aliphatic rings. The molecular weight excluding hydrogens is 438 g/mol. The quantitative estimate of drug-likeness (QED) is 0.357. The molecule has 30 heavy (non-hydrogen) atoms. The summed E-state index contributed by atoms with van der Waals surface area (Å²) in [4.78, 5) is 13.8. The zero-order valence-electron chi connectivity index (χ0n) is 17.8. The number of nitrogens with zero attached hydrogens (tertiary/aromatic N) is 1. The number of carbonyl (C=O) groups excluding carboxylic acids is 1. The first-order valence-corrected chi connectivity index (χ1v) is 10.7. The molecule has 1 aliphatic heterocycles. The molecule has 0 aliphatic carbocycles. The molecule has 4 heteroatoms. The first-order valence-electron chi connectivity index (χ1n) is 9.89. The Morgan fingerprint density at radius 1 is 1.13 bits per heavy atom. The molecule has 3 rings (SSSR count). The molecule has 0 bridgehead atoms. The van der Waals surface area contributed by atoms with Gasteiger partial charge >= 0.3 is 5.97 Å². The smallest absolute Gasteiger partial charge is 0.337 e. The van der Waals surface area contributed by atoms with Gasteiger partial charge in [-0.1, -0.05) is 61.5 Å². The van der Waals surface area contributed by atoms with Gasteiger partial charge in [0.15, 0.2) is 0 Å². The highest BCUT2D eigenvalue weighted by atomic mass is 79.9. The summed E-state index contributed by atoms with van der Waals surface area (Å²) in [6, 6.07) is 15.0. The van der Waals surface area contributed by atoms with Gasteiger partial charge in [-0.15, -0.1) is 0 Å². The van der Waals surface area contributed by atoms with E-state index in [4.69, 9.17) is 4.74 Å². The summed E-state index contributed by atoms with van der Waals surface area (Å²) in [7, 11) is 1.38. The minimum atomic E-state index is -0.372. The van der Waals surface area contributed by atoms with Crippen molar-refractivity contribution in [2.24, 2.45) is 0 Å². The first kappa shape index (κ1) is 21.8. The fraction of sp³-hybridized carbons (Fsp3) is 0.192. The molecule has 0 fully saturated rings. The van der Waals surface area contributed by atoms with E-state index in [0.717, 1.165) is 16.6 Å². The van der Waals surface area contributed by atoms with Crippen LogP contribution in [0.3, 0.4) is 0 Å². The largest absolute Gasteiger partial charge is 0.465 e. The van der Waals surface area contributed by atoms with Crippen LogP contribution in [0.1, 0.15) is 30.0 Å². The minimum Gasteiger partial charge on any atom is -0.465 e. The molecule has 1 heterocycles. The van der Waals surface area contributed by atoms with Gasteiger partial charge in [-0.05, 0) is 76.2 Å². The molecule has 0 saturated heterocycles. The number of carbonyl (C=O) groups is 1. The number of ether oxygens (including phenoxy) is 1. The second-order valence-electron chi connectivity index (χ2n) is 7.26. The normalized spacial score (nSPS) is 14.4. The summed E-state index contributed by atoms with van der Waals surface area (Å²) in [6.45, 7) is 10.5. The lowest BCUT2D eigenvalue weighted by Crippen LogP contribution is -2.18. The van der Waals surface area contributed by atoms with Crippen molar-refractivity contribution in [3.63, 3.8) is 0 Å². The topological polar surface area (TPSA) is 29.5 Å².